The zero-order chi connectivity index (χ0) is 14.5. The molecule has 22 heavy (non-hydrogen) atoms. The minimum absolute atomic E-state index is 0.510. The Morgan fingerprint density at radius 1 is 1.14 bits per heavy atom. The molecule has 2 saturated carbocycles. The van der Waals surface area contributed by atoms with Crippen LogP contribution in [0.2, 0.25) is 0 Å². The number of thiazole rings is 1. The quantitative estimate of drug-likeness (QED) is 0.770. The molecular formula is C16H16N4OS. The van der Waals surface area contributed by atoms with Gasteiger partial charge in [0, 0.05) is 17.5 Å². The second kappa shape index (κ2) is 4.78. The van der Waals surface area contributed by atoms with Crippen LogP contribution < -0.4 is 5.32 Å². The van der Waals surface area contributed by atoms with Crippen LogP contribution >= 0.6 is 11.3 Å². The van der Waals surface area contributed by atoms with Crippen LogP contribution in [-0.2, 0) is 6.54 Å². The highest BCUT2D eigenvalue weighted by atomic mass is 32.1. The minimum Gasteiger partial charge on any atom is -0.423 e. The summed E-state index contributed by atoms with van der Waals surface area (Å²) in [5, 5.41) is 12.9. The molecule has 6 heteroatoms. The number of nitrogens with one attached hydrogen (secondary N) is 1. The largest absolute Gasteiger partial charge is 0.423 e. The Balaban J connectivity index is 1.32. The Hall–Kier alpha value is -1.95. The zero-order valence-electron chi connectivity index (χ0n) is 12.1. The smallest absolute Gasteiger partial charge is 0.235 e. The molecule has 112 valence electrons. The highest BCUT2D eigenvalue weighted by Gasteiger charge is 2.29. The topological polar surface area (TPSA) is 63.8 Å². The van der Waals surface area contributed by atoms with Gasteiger partial charge in [-0.05, 0) is 43.9 Å². The number of aromatic nitrogens is 3. The van der Waals surface area contributed by atoms with Gasteiger partial charge >= 0.3 is 0 Å². The van der Waals surface area contributed by atoms with Crippen molar-refractivity contribution in [1.29, 1.82) is 0 Å². The summed E-state index contributed by atoms with van der Waals surface area (Å²) < 4.78 is 6.91. The van der Waals surface area contributed by atoms with E-state index in [1.807, 2.05) is 11.3 Å². The molecule has 0 aliphatic heterocycles. The molecule has 2 aromatic heterocycles. The molecule has 0 radical (unpaired) electrons. The third kappa shape index (κ3) is 2.37. The summed E-state index contributed by atoms with van der Waals surface area (Å²) in [7, 11) is 0. The molecule has 0 spiro atoms. The Morgan fingerprint density at radius 2 is 2.00 bits per heavy atom. The van der Waals surface area contributed by atoms with Gasteiger partial charge in [0.1, 0.15) is 0 Å². The fraction of sp³-hybridized carbons (Fsp3) is 0.438. The van der Waals surface area contributed by atoms with Crippen molar-refractivity contribution in [3.05, 3.63) is 35.0 Å². The van der Waals surface area contributed by atoms with E-state index in [2.05, 4.69) is 33.7 Å². The number of fused-ring (bicyclic) bond motifs is 1. The molecule has 5 rings (SSSR count). The Labute approximate surface area is 131 Å². The molecule has 1 aromatic carbocycles. The van der Waals surface area contributed by atoms with E-state index in [4.69, 9.17) is 9.40 Å². The monoisotopic (exact) mass is 312 g/mol. The minimum atomic E-state index is 0.510. The van der Waals surface area contributed by atoms with Crippen LogP contribution in [0.15, 0.2) is 22.6 Å². The van der Waals surface area contributed by atoms with Gasteiger partial charge in [0.2, 0.25) is 11.8 Å². The van der Waals surface area contributed by atoms with Gasteiger partial charge in [0.25, 0.3) is 0 Å². The molecule has 5 nitrogen and oxygen atoms in total. The van der Waals surface area contributed by atoms with Gasteiger partial charge in [-0.3, -0.25) is 0 Å². The lowest BCUT2D eigenvalue weighted by atomic mass is 10.3. The molecule has 2 fully saturated rings. The lowest BCUT2D eigenvalue weighted by molar-refractivity contribution is 0.457. The fourth-order valence-electron chi connectivity index (χ4n) is 2.57. The molecule has 0 unspecified atom stereocenters. The van der Waals surface area contributed by atoms with E-state index in [0.717, 1.165) is 17.1 Å². The molecule has 1 N–H and O–H groups in total. The number of anilines is 1. The molecule has 2 heterocycles. The molecule has 0 amide bonds. The zero-order valence-corrected chi connectivity index (χ0v) is 12.9. The second-order valence-electron chi connectivity index (χ2n) is 6.17. The van der Waals surface area contributed by atoms with E-state index >= 15 is 0 Å². The fourth-order valence-corrected chi connectivity index (χ4v) is 3.74. The van der Waals surface area contributed by atoms with Crippen LogP contribution in [0.1, 0.15) is 54.3 Å². The highest BCUT2D eigenvalue weighted by Crippen LogP contribution is 2.43. The van der Waals surface area contributed by atoms with Crippen molar-refractivity contribution in [2.75, 3.05) is 5.32 Å². The summed E-state index contributed by atoms with van der Waals surface area (Å²) in [5.74, 6) is 2.68. The number of hydrogen-bond acceptors (Lipinski definition) is 6. The summed E-state index contributed by atoms with van der Waals surface area (Å²) in [4.78, 5) is 4.71. The Bertz CT molecular complexity index is 832. The molecule has 2 aliphatic carbocycles. The lowest BCUT2D eigenvalue weighted by Crippen LogP contribution is -1.99. The van der Waals surface area contributed by atoms with Crippen molar-refractivity contribution in [2.24, 2.45) is 0 Å². The Kier molecular flexibility index (Phi) is 2.73. The van der Waals surface area contributed by atoms with Crippen molar-refractivity contribution in [1.82, 2.24) is 15.2 Å². The van der Waals surface area contributed by atoms with Crippen LogP contribution in [0.3, 0.4) is 0 Å². The first kappa shape index (κ1) is 12.6. The van der Waals surface area contributed by atoms with E-state index in [-0.39, 0.29) is 0 Å². The normalized spacial score (nSPS) is 18.0. The van der Waals surface area contributed by atoms with Crippen molar-refractivity contribution < 1.29 is 4.42 Å². The number of hydrogen-bond donors (Lipinski definition) is 1. The molecular weight excluding hydrogens is 296 g/mol. The third-order valence-electron chi connectivity index (χ3n) is 4.18. The second-order valence-corrected chi connectivity index (χ2v) is 7.23. The maximum atomic E-state index is 5.67. The maximum Gasteiger partial charge on any atom is 0.235 e. The first-order valence-electron chi connectivity index (χ1n) is 7.82. The lowest BCUT2D eigenvalue weighted by Gasteiger charge is -2.02. The average molecular weight is 312 g/mol. The molecule has 0 saturated heterocycles. The maximum absolute atomic E-state index is 5.67. The van der Waals surface area contributed by atoms with Crippen molar-refractivity contribution >= 4 is 27.2 Å². The summed E-state index contributed by atoms with van der Waals surface area (Å²) in [5.41, 5.74) is 2.18. The first-order valence-corrected chi connectivity index (χ1v) is 8.63. The van der Waals surface area contributed by atoms with E-state index in [9.17, 15) is 0 Å². The summed E-state index contributed by atoms with van der Waals surface area (Å²) >= 11 is 1.82. The van der Waals surface area contributed by atoms with Crippen LogP contribution in [-0.4, -0.2) is 15.2 Å². The van der Waals surface area contributed by atoms with Crippen LogP contribution in [0.25, 0.3) is 10.2 Å². The number of benzene rings is 1. The van der Waals surface area contributed by atoms with Gasteiger partial charge in [0.05, 0.1) is 21.8 Å². The predicted molar refractivity (Wildman–Crippen MR) is 85.2 cm³/mol. The van der Waals surface area contributed by atoms with E-state index < -0.39 is 0 Å². The van der Waals surface area contributed by atoms with Gasteiger partial charge in [-0.2, -0.15) is 0 Å². The standard InChI is InChI=1S/C16H16N4OS/c1-2-9(1)15-20-19-14(21-15)8-17-11-5-6-12-13(7-11)22-16(18-12)10-3-4-10/h5-7,9-10,17H,1-4,8H2. The molecule has 2 aliphatic rings. The van der Waals surface area contributed by atoms with Crippen LogP contribution in [0, 0.1) is 0 Å². The highest BCUT2D eigenvalue weighted by molar-refractivity contribution is 7.18. The number of nitrogens with zero attached hydrogens (tertiary/aromatic N) is 3. The molecule has 0 atom stereocenters. The van der Waals surface area contributed by atoms with Gasteiger partial charge < -0.3 is 9.73 Å². The van der Waals surface area contributed by atoms with Gasteiger partial charge in [-0.1, -0.05) is 0 Å². The summed E-state index contributed by atoms with van der Waals surface area (Å²) in [6, 6.07) is 6.32. The van der Waals surface area contributed by atoms with Gasteiger partial charge in [0.15, 0.2) is 0 Å². The van der Waals surface area contributed by atoms with Crippen LogP contribution in [0.5, 0.6) is 0 Å². The molecule has 0 bridgehead atoms. The number of rotatable bonds is 5. The Morgan fingerprint density at radius 3 is 2.82 bits per heavy atom. The van der Waals surface area contributed by atoms with E-state index in [1.54, 1.807) is 0 Å². The van der Waals surface area contributed by atoms with Crippen molar-refractivity contribution in [2.45, 2.75) is 44.1 Å². The van der Waals surface area contributed by atoms with Gasteiger partial charge in [-0.15, -0.1) is 21.5 Å². The van der Waals surface area contributed by atoms with Crippen molar-refractivity contribution in [3.63, 3.8) is 0 Å². The van der Waals surface area contributed by atoms with Gasteiger partial charge in [-0.25, -0.2) is 4.98 Å². The SMILES string of the molecule is c1cc2nc(C3CC3)sc2cc1NCc1nnc(C2CC2)o1. The summed E-state index contributed by atoms with van der Waals surface area (Å²) in [6.07, 6.45) is 4.96. The average Bonchev–Trinajstić information content (AvgIpc) is 3.47. The van der Waals surface area contributed by atoms with E-state index in [1.165, 1.54) is 35.4 Å². The first-order chi connectivity index (χ1) is 10.8. The third-order valence-corrected chi connectivity index (χ3v) is 5.37. The summed E-state index contributed by atoms with van der Waals surface area (Å²) in [6.45, 7) is 0.569. The van der Waals surface area contributed by atoms with Crippen molar-refractivity contribution in [3.8, 4) is 0 Å². The van der Waals surface area contributed by atoms with Crippen LogP contribution in [0.4, 0.5) is 5.69 Å². The predicted octanol–water partition coefficient (Wildman–Crippen LogP) is 4.05. The molecule has 3 aromatic rings. The van der Waals surface area contributed by atoms with E-state index in [0.29, 0.717) is 24.3 Å².